The molecule has 1 aliphatic heterocycles. The normalized spacial score (nSPS) is 14.7. The van der Waals surface area contributed by atoms with Crippen molar-refractivity contribution in [1.29, 1.82) is 0 Å². The first-order valence-electron chi connectivity index (χ1n) is 14.6. The van der Waals surface area contributed by atoms with Crippen molar-refractivity contribution >= 4 is 51.7 Å². The Balaban J connectivity index is 1.59. The van der Waals surface area contributed by atoms with Gasteiger partial charge in [0, 0.05) is 26.2 Å². The second kappa shape index (κ2) is 12.6. The summed E-state index contributed by atoms with van der Waals surface area (Å²) in [7, 11) is 1.60. The van der Waals surface area contributed by atoms with Gasteiger partial charge in [-0.1, -0.05) is 59.9 Å². The van der Waals surface area contributed by atoms with Crippen LogP contribution in [0.3, 0.4) is 0 Å². The van der Waals surface area contributed by atoms with Gasteiger partial charge in [0.05, 0.1) is 35.6 Å². The predicted octanol–water partition coefficient (Wildman–Crippen LogP) is 6.26. The molecule has 5 aromatic rings. The van der Waals surface area contributed by atoms with Crippen molar-refractivity contribution in [2.24, 2.45) is 4.99 Å². The molecule has 0 bridgehead atoms. The molecule has 0 spiro atoms. The Morgan fingerprint density at radius 1 is 1.02 bits per heavy atom. The van der Waals surface area contributed by atoms with Crippen LogP contribution >= 0.6 is 33.9 Å². The highest BCUT2D eigenvalue weighted by Gasteiger charge is 2.35. The standard InChI is InChI=1S/C36H32IN3O4S/c1-6-44-35(42)31-32(24-10-8-7-9-11-24)38-36-40(33(31)25-13-16-28(43-5)17-14-25)34(41)30(45-36)19-26-18-22(3)39(23(26)4)27-15-12-21(2)29(37)20-27/h7-20,33H,6H2,1-5H3/b30-19-/t33-/m1/s1. The second-order valence-electron chi connectivity index (χ2n) is 10.8. The molecule has 0 saturated heterocycles. The molecule has 0 N–H and O–H groups in total. The monoisotopic (exact) mass is 729 g/mol. The van der Waals surface area contributed by atoms with Crippen molar-refractivity contribution < 1.29 is 14.3 Å². The second-order valence-corrected chi connectivity index (χ2v) is 13.0. The Labute approximate surface area is 278 Å². The zero-order chi connectivity index (χ0) is 31.8. The number of carbonyl (C=O) groups is 1. The highest BCUT2D eigenvalue weighted by molar-refractivity contribution is 14.1. The zero-order valence-electron chi connectivity index (χ0n) is 25.6. The van der Waals surface area contributed by atoms with Gasteiger partial charge in [-0.25, -0.2) is 9.79 Å². The van der Waals surface area contributed by atoms with Crippen LogP contribution in [0.5, 0.6) is 5.75 Å². The molecule has 0 fully saturated rings. The van der Waals surface area contributed by atoms with Crippen molar-refractivity contribution in [3.8, 4) is 11.4 Å². The van der Waals surface area contributed by atoms with Crippen LogP contribution in [0.15, 0.2) is 94.2 Å². The first kappa shape index (κ1) is 30.8. The summed E-state index contributed by atoms with van der Waals surface area (Å²) in [5, 5.41) is 0. The first-order chi connectivity index (χ1) is 21.7. The molecule has 0 amide bonds. The van der Waals surface area contributed by atoms with E-state index in [-0.39, 0.29) is 12.2 Å². The van der Waals surface area contributed by atoms with Crippen LogP contribution < -0.4 is 19.6 Å². The molecule has 0 aliphatic carbocycles. The molecule has 3 heterocycles. The van der Waals surface area contributed by atoms with E-state index >= 15 is 0 Å². The molecule has 0 radical (unpaired) electrons. The molecular weight excluding hydrogens is 697 g/mol. The van der Waals surface area contributed by atoms with Crippen LogP contribution in [-0.4, -0.2) is 28.8 Å². The average molecular weight is 730 g/mol. The van der Waals surface area contributed by atoms with Gasteiger partial charge in [0.15, 0.2) is 4.80 Å². The van der Waals surface area contributed by atoms with Crippen LogP contribution in [0.2, 0.25) is 0 Å². The van der Waals surface area contributed by atoms with Crippen LogP contribution in [-0.2, 0) is 9.53 Å². The molecule has 6 rings (SSSR count). The summed E-state index contributed by atoms with van der Waals surface area (Å²) in [4.78, 5) is 33.5. The lowest BCUT2D eigenvalue weighted by molar-refractivity contribution is -0.138. The van der Waals surface area contributed by atoms with E-state index in [2.05, 4.69) is 72.2 Å². The number of thiazole rings is 1. The summed E-state index contributed by atoms with van der Waals surface area (Å²) in [6.45, 7) is 8.20. The maximum absolute atomic E-state index is 14.3. The van der Waals surface area contributed by atoms with Gasteiger partial charge in [-0.05, 0) is 103 Å². The van der Waals surface area contributed by atoms with Crippen LogP contribution in [0.4, 0.5) is 0 Å². The summed E-state index contributed by atoms with van der Waals surface area (Å²) in [5.74, 6) is 0.168. The van der Waals surface area contributed by atoms with Gasteiger partial charge >= 0.3 is 5.97 Å². The lowest BCUT2D eigenvalue weighted by Crippen LogP contribution is -2.40. The number of nitrogens with zero attached hydrogens (tertiary/aromatic N) is 3. The van der Waals surface area contributed by atoms with Crippen LogP contribution in [0.25, 0.3) is 17.5 Å². The number of hydrogen-bond donors (Lipinski definition) is 0. The third-order valence-electron chi connectivity index (χ3n) is 7.98. The summed E-state index contributed by atoms with van der Waals surface area (Å²) in [6, 6.07) is 24.7. The number of ether oxygens (including phenoxy) is 2. The zero-order valence-corrected chi connectivity index (χ0v) is 28.6. The number of aromatic nitrogens is 2. The van der Waals surface area contributed by atoms with E-state index in [1.165, 1.54) is 20.5 Å². The molecule has 3 aromatic carbocycles. The van der Waals surface area contributed by atoms with Gasteiger partial charge in [0.1, 0.15) is 5.75 Å². The fraction of sp³-hybridized carbons (Fsp3) is 0.194. The summed E-state index contributed by atoms with van der Waals surface area (Å²) >= 11 is 3.68. The summed E-state index contributed by atoms with van der Waals surface area (Å²) in [5.41, 5.74) is 7.47. The maximum Gasteiger partial charge on any atom is 0.338 e. The fourth-order valence-corrected chi connectivity index (χ4v) is 7.23. The third-order valence-corrected chi connectivity index (χ3v) is 10.1. The number of aryl methyl sites for hydroxylation is 2. The highest BCUT2D eigenvalue weighted by atomic mass is 127. The average Bonchev–Trinajstić information content (AvgIpc) is 3.51. The van der Waals surface area contributed by atoms with Crippen LogP contribution in [0, 0.1) is 24.3 Å². The Kier molecular flexibility index (Phi) is 8.65. The van der Waals surface area contributed by atoms with Crippen molar-refractivity contribution in [2.45, 2.75) is 33.7 Å². The van der Waals surface area contributed by atoms with E-state index < -0.39 is 12.0 Å². The third kappa shape index (κ3) is 5.70. The Hall–Kier alpha value is -4.22. The SMILES string of the molecule is CCOC(=O)C1=C(c2ccccc2)N=c2s/c(=C\c3cc(C)n(-c4ccc(C)c(I)c4)c3C)c(=O)n2[C@@H]1c1ccc(OC)cc1. The van der Waals surface area contributed by atoms with Gasteiger partial charge in [-0.3, -0.25) is 9.36 Å². The van der Waals surface area contributed by atoms with E-state index in [1.54, 1.807) is 18.6 Å². The predicted molar refractivity (Wildman–Crippen MR) is 187 cm³/mol. The van der Waals surface area contributed by atoms with Crippen LogP contribution in [0.1, 0.15) is 46.6 Å². The molecule has 9 heteroatoms. The van der Waals surface area contributed by atoms with Gasteiger partial charge in [0.25, 0.3) is 5.56 Å². The van der Waals surface area contributed by atoms with Crippen molar-refractivity contribution in [3.05, 3.63) is 141 Å². The largest absolute Gasteiger partial charge is 0.497 e. The quantitative estimate of drug-likeness (QED) is 0.147. The van der Waals surface area contributed by atoms with E-state index in [0.29, 0.717) is 26.4 Å². The highest BCUT2D eigenvalue weighted by Crippen LogP contribution is 2.35. The number of halogens is 1. The Morgan fingerprint density at radius 3 is 2.42 bits per heavy atom. The number of hydrogen-bond acceptors (Lipinski definition) is 6. The van der Waals surface area contributed by atoms with Gasteiger partial charge in [-0.2, -0.15) is 0 Å². The molecule has 0 unspecified atom stereocenters. The van der Waals surface area contributed by atoms with Gasteiger partial charge < -0.3 is 14.0 Å². The van der Waals surface area contributed by atoms with E-state index in [1.807, 2.05) is 60.7 Å². The Bertz CT molecular complexity index is 2140. The number of methoxy groups -OCH3 is 1. The van der Waals surface area contributed by atoms with E-state index in [9.17, 15) is 9.59 Å². The topological polar surface area (TPSA) is 74.8 Å². The fourth-order valence-electron chi connectivity index (χ4n) is 5.74. The number of rotatable bonds is 7. The number of benzene rings is 3. The molecule has 2 aromatic heterocycles. The molecule has 7 nitrogen and oxygen atoms in total. The van der Waals surface area contributed by atoms with E-state index in [0.717, 1.165) is 33.8 Å². The molecule has 45 heavy (non-hydrogen) atoms. The smallest absolute Gasteiger partial charge is 0.338 e. The number of fused-ring (bicyclic) bond motifs is 1. The lowest BCUT2D eigenvalue weighted by Gasteiger charge is -2.26. The number of carbonyl (C=O) groups excluding carboxylic acids is 1. The lowest BCUT2D eigenvalue weighted by atomic mass is 9.93. The van der Waals surface area contributed by atoms with Crippen molar-refractivity contribution in [3.63, 3.8) is 0 Å². The number of esters is 1. The van der Waals surface area contributed by atoms with E-state index in [4.69, 9.17) is 14.5 Å². The molecular formula is C36H32IN3O4S. The minimum absolute atomic E-state index is 0.194. The first-order valence-corrected chi connectivity index (χ1v) is 16.5. The molecule has 1 aliphatic rings. The minimum Gasteiger partial charge on any atom is -0.497 e. The maximum atomic E-state index is 14.3. The minimum atomic E-state index is -0.745. The summed E-state index contributed by atoms with van der Waals surface area (Å²) in [6.07, 6.45) is 1.93. The Morgan fingerprint density at radius 2 is 1.76 bits per heavy atom. The molecule has 1 atom stereocenters. The van der Waals surface area contributed by atoms with Crippen molar-refractivity contribution in [2.75, 3.05) is 13.7 Å². The summed E-state index contributed by atoms with van der Waals surface area (Å²) < 4.78 is 16.5. The van der Waals surface area contributed by atoms with Gasteiger partial charge in [-0.15, -0.1) is 0 Å². The van der Waals surface area contributed by atoms with Gasteiger partial charge in [0.2, 0.25) is 0 Å². The molecule has 228 valence electrons. The molecule has 0 saturated carbocycles. The van der Waals surface area contributed by atoms with Crippen molar-refractivity contribution in [1.82, 2.24) is 9.13 Å².